The SMILES string of the molecule is CN(C)CC(=O)Nc1ccc(O)c2c1CC1CC3C(N(C)C)C(O)C(C(N)=O)C(=O)C3(O)C(=O)C1=C2O. The molecule has 0 radical (unpaired) electrons. The van der Waals surface area contributed by atoms with E-state index in [9.17, 15) is 39.6 Å². The predicted molar refractivity (Wildman–Crippen MR) is 131 cm³/mol. The van der Waals surface area contributed by atoms with Crippen LogP contribution in [0.2, 0.25) is 0 Å². The third kappa shape index (κ3) is 4.00. The van der Waals surface area contributed by atoms with Gasteiger partial charge in [0.25, 0.3) is 0 Å². The highest BCUT2D eigenvalue weighted by molar-refractivity contribution is 6.25. The van der Waals surface area contributed by atoms with Crippen LogP contribution in [0.25, 0.3) is 5.76 Å². The second kappa shape index (κ2) is 9.21. The number of nitrogens with zero attached hydrogens (tertiary/aromatic N) is 2. The number of carbonyl (C=O) groups is 4. The summed E-state index contributed by atoms with van der Waals surface area (Å²) in [5.41, 5.74) is 3.08. The van der Waals surface area contributed by atoms with Crippen LogP contribution in [-0.4, -0.2) is 106 Å². The third-order valence-electron chi connectivity index (χ3n) is 7.71. The van der Waals surface area contributed by atoms with E-state index in [1.165, 1.54) is 17.0 Å². The van der Waals surface area contributed by atoms with Crippen LogP contribution in [0.3, 0.4) is 0 Å². The molecular weight excluding hydrogens is 484 g/mol. The number of aliphatic hydroxyl groups excluding tert-OH is 2. The maximum atomic E-state index is 13.8. The highest BCUT2D eigenvalue weighted by atomic mass is 16.3. The van der Waals surface area contributed by atoms with E-state index >= 15 is 0 Å². The van der Waals surface area contributed by atoms with Crippen molar-refractivity contribution in [2.24, 2.45) is 23.5 Å². The average molecular weight is 517 g/mol. The van der Waals surface area contributed by atoms with Crippen molar-refractivity contribution >= 4 is 34.8 Å². The number of phenols is 1. The third-order valence-corrected chi connectivity index (χ3v) is 7.71. The Kier molecular flexibility index (Phi) is 6.65. The Morgan fingerprint density at radius 1 is 1.16 bits per heavy atom. The number of hydrogen-bond donors (Lipinski definition) is 6. The lowest BCUT2D eigenvalue weighted by molar-refractivity contribution is -0.184. The van der Waals surface area contributed by atoms with Crippen molar-refractivity contribution in [2.45, 2.75) is 30.6 Å². The van der Waals surface area contributed by atoms with Gasteiger partial charge in [-0.3, -0.25) is 19.2 Å². The second-order valence-electron chi connectivity index (χ2n) is 10.6. The first-order chi connectivity index (χ1) is 17.2. The number of anilines is 1. The van der Waals surface area contributed by atoms with E-state index in [2.05, 4.69) is 5.32 Å². The maximum absolute atomic E-state index is 13.8. The fourth-order valence-corrected chi connectivity index (χ4v) is 6.20. The monoisotopic (exact) mass is 516 g/mol. The molecule has 0 saturated heterocycles. The molecule has 0 heterocycles. The zero-order chi connectivity index (χ0) is 27.6. The van der Waals surface area contributed by atoms with E-state index in [1.54, 1.807) is 33.1 Å². The molecule has 4 rings (SSSR count). The standard InChI is InChI=1S/C25H32N4O8/c1-28(2)9-15(31)27-13-5-6-14(30)17-11(13)7-10-8-12-19(29(3)4)21(33)18(24(26)36)23(35)25(12,37)22(34)16(10)20(17)32/h5-6,10,12,18-19,21,30,32-33,37H,7-9H2,1-4H3,(H2,26,36)(H,27,31). The molecule has 6 atom stereocenters. The van der Waals surface area contributed by atoms with Gasteiger partial charge in [0.1, 0.15) is 17.4 Å². The number of ketones is 2. The minimum absolute atomic E-state index is 0.00105. The van der Waals surface area contributed by atoms with Gasteiger partial charge in [-0.1, -0.05) is 0 Å². The number of rotatable bonds is 5. The summed E-state index contributed by atoms with van der Waals surface area (Å²) in [6, 6.07) is 1.78. The molecule has 2 saturated carbocycles. The van der Waals surface area contributed by atoms with E-state index in [1.807, 2.05) is 0 Å². The molecule has 6 unspecified atom stereocenters. The van der Waals surface area contributed by atoms with Crippen molar-refractivity contribution in [3.05, 3.63) is 28.8 Å². The van der Waals surface area contributed by atoms with Crippen molar-refractivity contribution < 1.29 is 39.6 Å². The zero-order valence-corrected chi connectivity index (χ0v) is 21.1. The van der Waals surface area contributed by atoms with Gasteiger partial charge in [0.2, 0.25) is 17.6 Å². The van der Waals surface area contributed by atoms with Gasteiger partial charge in [-0.05, 0) is 64.6 Å². The first-order valence-corrected chi connectivity index (χ1v) is 11.9. The lowest BCUT2D eigenvalue weighted by atomic mass is 9.54. The number of aromatic hydroxyl groups is 1. The molecule has 200 valence electrons. The number of amides is 2. The van der Waals surface area contributed by atoms with Crippen LogP contribution in [0.1, 0.15) is 17.5 Å². The molecule has 3 aliphatic rings. The molecule has 0 spiro atoms. The number of nitrogens with two attached hydrogens (primary N) is 1. The largest absolute Gasteiger partial charge is 0.507 e. The number of aliphatic hydroxyl groups is 3. The maximum Gasteiger partial charge on any atom is 0.238 e. The molecule has 7 N–H and O–H groups in total. The first kappa shape index (κ1) is 26.7. The molecule has 37 heavy (non-hydrogen) atoms. The first-order valence-electron chi connectivity index (χ1n) is 11.9. The van der Waals surface area contributed by atoms with Gasteiger partial charge in [0, 0.05) is 23.2 Å². The minimum atomic E-state index is -2.71. The van der Waals surface area contributed by atoms with E-state index in [0.717, 1.165) is 0 Å². The Hall–Kier alpha value is -3.32. The number of likely N-dealkylation sites (N-methyl/N-ethyl adjacent to an activating group) is 2. The van der Waals surface area contributed by atoms with Gasteiger partial charge >= 0.3 is 0 Å². The molecular formula is C25H32N4O8. The highest BCUT2D eigenvalue weighted by Gasteiger charge is 2.67. The normalized spacial score (nSPS) is 31.2. The van der Waals surface area contributed by atoms with Gasteiger partial charge in [-0.15, -0.1) is 0 Å². The van der Waals surface area contributed by atoms with Gasteiger partial charge in [-0.25, -0.2) is 0 Å². The minimum Gasteiger partial charge on any atom is -0.507 e. The molecule has 1 aromatic carbocycles. The van der Waals surface area contributed by atoms with Gasteiger partial charge < -0.3 is 41.3 Å². The number of hydrogen-bond acceptors (Lipinski definition) is 10. The van der Waals surface area contributed by atoms with E-state index in [-0.39, 0.29) is 42.2 Å². The van der Waals surface area contributed by atoms with Crippen LogP contribution >= 0.6 is 0 Å². The lowest BCUT2D eigenvalue weighted by Gasteiger charge is -2.53. The Labute approximate surface area is 213 Å². The summed E-state index contributed by atoms with van der Waals surface area (Å²) in [6.45, 7) is 0.0886. The molecule has 12 heteroatoms. The summed E-state index contributed by atoms with van der Waals surface area (Å²) in [6.07, 6.45) is -1.46. The second-order valence-corrected chi connectivity index (χ2v) is 10.6. The van der Waals surface area contributed by atoms with Gasteiger partial charge in [0.05, 0.1) is 18.2 Å². The Balaban J connectivity index is 1.86. The topological polar surface area (TPSA) is 194 Å². The van der Waals surface area contributed by atoms with Crippen LogP contribution in [-0.2, 0) is 25.6 Å². The van der Waals surface area contributed by atoms with Crippen LogP contribution in [0, 0.1) is 17.8 Å². The molecule has 0 bridgehead atoms. The molecule has 3 aliphatic carbocycles. The van der Waals surface area contributed by atoms with Crippen molar-refractivity contribution in [2.75, 3.05) is 40.1 Å². The number of primary amides is 1. The fraction of sp³-hybridized carbons (Fsp3) is 0.520. The Bertz CT molecular complexity index is 1230. The number of fused-ring (bicyclic) bond motifs is 3. The molecule has 2 amide bonds. The zero-order valence-electron chi connectivity index (χ0n) is 21.1. The van der Waals surface area contributed by atoms with E-state index < -0.39 is 58.7 Å². The summed E-state index contributed by atoms with van der Waals surface area (Å²) < 4.78 is 0. The predicted octanol–water partition coefficient (Wildman–Crippen LogP) is -1.37. The van der Waals surface area contributed by atoms with Crippen LogP contribution < -0.4 is 11.1 Å². The summed E-state index contributed by atoms with van der Waals surface area (Å²) in [5.74, 6) is -8.39. The van der Waals surface area contributed by atoms with E-state index in [0.29, 0.717) is 11.3 Å². The summed E-state index contributed by atoms with van der Waals surface area (Å²) >= 11 is 0. The molecule has 1 aromatic rings. The van der Waals surface area contributed by atoms with Crippen molar-refractivity contribution in [3.63, 3.8) is 0 Å². The quantitative estimate of drug-likeness (QED) is 0.201. The van der Waals surface area contributed by atoms with Crippen molar-refractivity contribution in [1.82, 2.24) is 9.80 Å². The van der Waals surface area contributed by atoms with Crippen molar-refractivity contribution in [3.8, 4) is 5.75 Å². The molecule has 0 aromatic heterocycles. The fourth-order valence-electron chi connectivity index (χ4n) is 6.20. The number of benzene rings is 1. The van der Waals surface area contributed by atoms with Crippen molar-refractivity contribution in [1.29, 1.82) is 0 Å². The number of phenolic OH excluding ortho intramolecular Hbond substituents is 1. The average Bonchev–Trinajstić information content (AvgIpc) is 2.77. The Morgan fingerprint density at radius 3 is 2.38 bits per heavy atom. The van der Waals surface area contributed by atoms with Crippen LogP contribution in [0.15, 0.2) is 17.7 Å². The smallest absolute Gasteiger partial charge is 0.238 e. The highest BCUT2D eigenvalue weighted by Crippen LogP contribution is 2.52. The van der Waals surface area contributed by atoms with E-state index in [4.69, 9.17) is 5.73 Å². The lowest BCUT2D eigenvalue weighted by Crippen LogP contribution is -2.73. The number of carbonyl (C=O) groups excluding carboxylic acids is 4. The summed E-state index contributed by atoms with van der Waals surface area (Å²) in [4.78, 5) is 54.8. The van der Waals surface area contributed by atoms with Gasteiger partial charge in [0.15, 0.2) is 11.4 Å². The molecule has 0 aliphatic heterocycles. The van der Waals surface area contributed by atoms with Crippen LogP contribution in [0.4, 0.5) is 5.69 Å². The summed E-state index contributed by atoms with van der Waals surface area (Å²) in [7, 11) is 6.63. The van der Waals surface area contributed by atoms with Crippen LogP contribution in [0.5, 0.6) is 5.75 Å². The molecule has 2 fully saturated rings. The number of Topliss-reactive ketones (excluding diaryl/α,β-unsaturated/α-hetero) is 2. The molecule has 12 nitrogen and oxygen atoms in total. The summed E-state index contributed by atoms with van der Waals surface area (Å²) in [5, 5.41) is 47.0. The number of nitrogens with one attached hydrogen (secondary N) is 1. The van der Waals surface area contributed by atoms with Gasteiger partial charge in [-0.2, -0.15) is 0 Å². The Morgan fingerprint density at radius 2 is 1.81 bits per heavy atom.